The number of anilines is 1. The first-order chi connectivity index (χ1) is 11.8. The van der Waals surface area contributed by atoms with Crippen LogP contribution in [0.5, 0.6) is 0 Å². The Morgan fingerprint density at radius 1 is 1.08 bits per heavy atom. The van der Waals surface area contributed by atoms with Gasteiger partial charge in [-0.3, -0.25) is 0 Å². The van der Waals surface area contributed by atoms with Crippen molar-refractivity contribution < 1.29 is 9.13 Å². The molecule has 5 nitrogen and oxygen atoms in total. The van der Waals surface area contributed by atoms with Gasteiger partial charge in [-0.2, -0.15) is 0 Å². The summed E-state index contributed by atoms with van der Waals surface area (Å²) in [5, 5.41) is 8.46. The van der Waals surface area contributed by atoms with Crippen LogP contribution in [0, 0.1) is 5.82 Å². The molecule has 6 heteroatoms. The number of hydrogen-bond acceptors (Lipinski definition) is 4. The van der Waals surface area contributed by atoms with Crippen molar-refractivity contribution in [1.29, 1.82) is 0 Å². The summed E-state index contributed by atoms with van der Waals surface area (Å²) in [6, 6.07) is 16.5. The largest absolute Gasteiger partial charge is 0.350 e. The van der Waals surface area contributed by atoms with Crippen molar-refractivity contribution in [1.82, 2.24) is 15.0 Å². The molecule has 1 aliphatic rings. The van der Waals surface area contributed by atoms with Crippen LogP contribution in [0.25, 0.3) is 0 Å². The number of ether oxygens (including phenoxy) is 1. The van der Waals surface area contributed by atoms with E-state index in [-0.39, 0.29) is 12.0 Å². The Morgan fingerprint density at radius 3 is 2.67 bits per heavy atom. The molecule has 24 heavy (non-hydrogen) atoms. The lowest BCUT2D eigenvalue weighted by molar-refractivity contribution is 0.110. The van der Waals surface area contributed by atoms with Crippen molar-refractivity contribution in [3.8, 4) is 0 Å². The molecule has 0 saturated carbocycles. The smallest absolute Gasteiger partial charge is 0.177 e. The first-order valence-electron chi connectivity index (χ1n) is 7.87. The van der Waals surface area contributed by atoms with Crippen molar-refractivity contribution in [2.75, 3.05) is 18.1 Å². The van der Waals surface area contributed by atoms with Gasteiger partial charge in [0.1, 0.15) is 11.5 Å². The molecule has 0 N–H and O–H groups in total. The number of rotatable bonds is 4. The van der Waals surface area contributed by atoms with Crippen LogP contribution in [-0.2, 0) is 11.3 Å². The zero-order valence-corrected chi connectivity index (χ0v) is 13.0. The fourth-order valence-electron chi connectivity index (χ4n) is 2.89. The molecule has 0 unspecified atom stereocenters. The van der Waals surface area contributed by atoms with Crippen LogP contribution in [0.4, 0.5) is 10.1 Å². The quantitative estimate of drug-likeness (QED) is 0.740. The minimum absolute atomic E-state index is 0.246. The number of aromatic nitrogens is 3. The normalized spacial score (nSPS) is 17.4. The van der Waals surface area contributed by atoms with E-state index in [1.165, 1.54) is 12.1 Å². The Hall–Kier alpha value is -2.73. The molecule has 1 fully saturated rings. The average Bonchev–Trinajstić information content (AvgIpc) is 3.25. The summed E-state index contributed by atoms with van der Waals surface area (Å²) in [4.78, 5) is 2.07. The van der Waals surface area contributed by atoms with Gasteiger partial charge >= 0.3 is 0 Å². The number of halogens is 1. The predicted octanol–water partition coefficient (Wildman–Crippen LogP) is 3.00. The second kappa shape index (κ2) is 6.41. The molecule has 1 aliphatic heterocycles. The van der Waals surface area contributed by atoms with E-state index in [2.05, 4.69) is 27.3 Å². The summed E-state index contributed by atoms with van der Waals surface area (Å²) in [5.41, 5.74) is 2.83. The van der Waals surface area contributed by atoms with Gasteiger partial charge in [0.05, 0.1) is 19.3 Å². The maximum absolute atomic E-state index is 13.1. The maximum atomic E-state index is 13.1. The van der Waals surface area contributed by atoms with Gasteiger partial charge in [-0.15, -0.1) is 5.10 Å². The minimum atomic E-state index is -0.292. The minimum Gasteiger partial charge on any atom is -0.350 e. The van der Waals surface area contributed by atoms with Crippen LogP contribution in [-0.4, -0.2) is 28.1 Å². The summed E-state index contributed by atoms with van der Waals surface area (Å²) >= 11 is 0. The van der Waals surface area contributed by atoms with Crippen molar-refractivity contribution in [3.05, 3.63) is 77.9 Å². The fourth-order valence-corrected chi connectivity index (χ4v) is 2.89. The lowest BCUT2D eigenvalue weighted by Gasteiger charge is -2.23. The molecular weight excluding hydrogens is 307 g/mol. The van der Waals surface area contributed by atoms with E-state index in [1.54, 1.807) is 16.8 Å². The summed E-state index contributed by atoms with van der Waals surface area (Å²) in [7, 11) is 0. The summed E-state index contributed by atoms with van der Waals surface area (Å²) in [6.45, 7) is 2.01. The molecule has 3 aromatic rings. The van der Waals surface area contributed by atoms with E-state index in [1.807, 2.05) is 24.4 Å². The van der Waals surface area contributed by atoms with Gasteiger partial charge in [-0.05, 0) is 29.8 Å². The Bertz CT molecular complexity index is 803. The summed E-state index contributed by atoms with van der Waals surface area (Å²) in [6.07, 6.45) is 1.61. The van der Waals surface area contributed by atoms with Crippen LogP contribution in [0.15, 0.2) is 60.8 Å². The third-order valence-corrected chi connectivity index (χ3v) is 4.05. The number of nitrogens with zero attached hydrogens (tertiary/aromatic N) is 4. The van der Waals surface area contributed by atoms with E-state index < -0.39 is 0 Å². The zero-order chi connectivity index (χ0) is 16.4. The number of hydrogen-bond donors (Lipinski definition) is 0. The van der Waals surface area contributed by atoms with Crippen molar-refractivity contribution in [2.24, 2.45) is 0 Å². The molecule has 0 spiro atoms. The highest BCUT2D eigenvalue weighted by molar-refractivity contribution is 5.48. The van der Waals surface area contributed by atoms with Crippen molar-refractivity contribution >= 4 is 5.69 Å². The highest BCUT2D eigenvalue weighted by atomic mass is 19.1. The molecule has 2 aromatic carbocycles. The van der Waals surface area contributed by atoms with Gasteiger partial charge in [-0.25, -0.2) is 9.07 Å². The molecule has 2 heterocycles. The predicted molar refractivity (Wildman–Crippen MR) is 88.0 cm³/mol. The lowest BCUT2D eigenvalue weighted by atomic mass is 10.2. The van der Waals surface area contributed by atoms with Crippen LogP contribution < -0.4 is 4.90 Å². The Labute approximate surface area is 139 Å². The standard InChI is InChI=1S/C18H17FN4O/c19-15-6-8-16(9-7-15)23-10-11-24-18(23)17-13-22(21-20-17)12-14-4-2-1-3-5-14/h1-9,13,18H,10-12H2/t18-/m1/s1. The SMILES string of the molecule is Fc1ccc(N2CCO[C@@H]2c2cn(Cc3ccccc3)nn2)cc1. The van der Waals surface area contributed by atoms with E-state index in [9.17, 15) is 4.39 Å². The lowest BCUT2D eigenvalue weighted by Crippen LogP contribution is -2.23. The second-order valence-electron chi connectivity index (χ2n) is 5.72. The van der Waals surface area contributed by atoms with Gasteiger partial charge < -0.3 is 9.64 Å². The van der Waals surface area contributed by atoms with Crippen LogP contribution in [0.1, 0.15) is 17.5 Å². The maximum Gasteiger partial charge on any atom is 0.177 e. The van der Waals surface area contributed by atoms with Crippen molar-refractivity contribution in [2.45, 2.75) is 12.8 Å². The third kappa shape index (κ3) is 3.00. The Balaban J connectivity index is 1.53. The summed E-state index contributed by atoms with van der Waals surface area (Å²) in [5.74, 6) is -0.246. The van der Waals surface area contributed by atoms with Gasteiger partial charge in [-0.1, -0.05) is 35.5 Å². The molecule has 0 aliphatic carbocycles. The van der Waals surface area contributed by atoms with Gasteiger partial charge in [0.2, 0.25) is 0 Å². The van der Waals surface area contributed by atoms with Gasteiger partial charge in [0.25, 0.3) is 0 Å². The van der Waals surface area contributed by atoms with Crippen LogP contribution in [0.2, 0.25) is 0 Å². The third-order valence-electron chi connectivity index (χ3n) is 4.05. The van der Waals surface area contributed by atoms with E-state index in [0.29, 0.717) is 13.2 Å². The molecule has 0 radical (unpaired) electrons. The zero-order valence-electron chi connectivity index (χ0n) is 13.0. The fraction of sp³-hybridized carbons (Fsp3) is 0.222. The monoisotopic (exact) mass is 324 g/mol. The van der Waals surface area contributed by atoms with E-state index in [4.69, 9.17) is 4.74 Å². The first-order valence-corrected chi connectivity index (χ1v) is 7.87. The summed E-state index contributed by atoms with van der Waals surface area (Å²) < 4.78 is 20.7. The van der Waals surface area contributed by atoms with Crippen molar-refractivity contribution in [3.63, 3.8) is 0 Å². The Morgan fingerprint density at radius 2 is 1.88 bits per heavy atom. The van der Waals surface area contributed by atoms with E-state index >= 15 is 0 Å². The molecule has 4 rings (SSSR count). The highest BCUT2D eigenvalue weighted by Gasteiger charge is 2.29. The molecule has 122 valence electrons. The average molecular weight is 324 g/mol. The molecule has 1 atom stereocenters. The van der Waals surface area contributed by atoms with Crippen LogP contribution >= 0.6 is 0 Å². The highest BCUT2D eigenvalue weighted by Crippen LogP contribution is 2.31. The topological polar surface area (TPSA) is 43.2 Å². The first kappa shape index (κ1) is 14.8. The Kier molecular flexibility index (Phi) is 3.96. The molecule has 1 aromatic heterocycles. The second-order valence-corrected chi connectivity index (χ2v) is 5.72. The molecule has 1 saturated heterocycles. The number of benzene rings is 2. The molecule has 0 bridgehead atoms. The van der Waals surface area contributed by atoms with Crippen LogP contribution in [0.3, 0.4) is 0 Å². The van der Waals surface area contributed by atoms with Gasteiger partial charge in [0.15, 0.2) is 6.23 Å². The van der Waals surface area contributed by atoms with Gasteiger partial charge in [0, 0.05) is 12.2 Å². The molecule has 0 amide bonds. The molecular formula is C18H17FN4O. The van der Waals surface area contributed by atoms with E-state index in [0.717, 1.165) is 23.5 Å².